The van der Waals surface area contributed by atoms with E-state index in [0.29, 0.717) is 6.04 Å². The number of H-pyrrole nitrogens is 1. The lowest BCUT2D eigenvalue weighted by Gasteiger charge is -2.12. The molecule has 2 rings (SSSR count). The van der Waals surface area contributed by atoms with Crippen molar-refractivity contribution in [1.29, 1.82) is 0 Å². The topological polar surface area (TPSA) is 44.9 Å². The van der Waals surface area contributed by atoms with Crippen LogP contribution in [0.2, 0.25) is 0 Å². The Morgan fingerprint density at radius 3 is 2.23 bits per heavy atom. The lowest BCUT2D eigenvalue weighted by molar-refractivity contribution is -0.114. The van der Waals surface area contributed by atoms with Gasteiger partial charge < -0.3 is 15.1 Å². The highest BCUT2D eigenvalue weighted by atomic mass is 16.1. The van der Waals surface area contributed by atoms with E-state index in [0.717, 1.165) is 12.8 Å². The van der Waals surface area contributed by atoms with Gasteiger partial charge in [0.15, 0.2) is 0 Å². The Kier molecular flexibility index (Phi) is 11.1. The molecule has 0 bridgehead atoms. The maximum atomic E-state index is 9.44. The summed E-state index contributed by atoms with van der Waals surface area (Å²) >= 11 is 0. The number of carbonyl (C=O) groups is 1. The molecule has 124 valence electrons. The number of likely N-dealkylation sites (N-methyl/N-ethyl adjacent to an activating group) is 1. The van der Waals surface area contributed by atoms with Crippen LogP contribution in [-0.4, -0.2) is 23.9 Å². The van der Waals surface area contributed by atoms with Crippen LogP contribution in [0.3, 0.4) is 0 Å². The van der Waals surface area contributed by atoms with Crippen molar-refractivity contribution in [3.63, 3.8) is 0 Å². The number of hydrogen-bond acceptors (Lipinski definition) is 2. The van der Waals surface area contributed by atoms with Gasteiger partial charge in [-0.2, -0.15) is 0 Å². The van der Waals surface area contributed by atoms with Crippen molar-refractivity contribution >= 4 is 16.7 Å². The van der Waals surface area contributed by atoms with Crippen LogP contribution in [0, 0.1) is 0 Å². The average molecular weight is 304 g/mol. The second-order valence-electron chi connectivity index (χ2n) is 5.57. The lowest BCUT2D eigenvalue weighted by Crippen LogP contribution is -2.26. The summed E-state index contributed by atoms with van der Waals surface area (Å²) in [6.45, 7) is 9.52. The van der Waals surface area contributed by atoms with E-state index in [2.05, 4.69) is 61.5 Å². The molecule has 0 saturated carbocycles. The van der Waals surface area contributed by atoms with E-state index < -0.39 is 0 Å². The third-order valence-electron chi connectivity index (χ3n) is 3.04. The van der Waals surface area contributed by atoms with E-state index in [1.165, 1.54) is 36.7 Å². The highest BCUT2D eigenvalue weighted by Crippen LogP contribution is 2.19. The molecule has 22 heavy (non-hydrogen) atoms. The number of aromatic nitrogens is 1. The molecule has 1 aromatic heterocycles. The molecule has 0 aliphatic carbocycles. The van der Waals surface area contributed by atoms with Crippen molar-refractivity contribution in [1.82, 2.24) is 10.3 Å². The molecule has 2 N–H and O–H groups in total. The molecule has 0 amide bonds. The van der Waals surface area contributed by atoms with Crippen LogP contribution in [-0.2, 0) is 11.2 Å². The van der Waals surface area contributed by atoms with Crippen LogP contribution < -0.4 is 5.32 Å². The number of carbonyl (C=O) groups excluding carboxylic acids is 1. The van der Waals surface area contributed by atoms with Gasteiger partial charge in [0.1, 0.15) is 5.78 Å². The number of ketones is 1. The van der Waals surface area contributed by atoms with Crippen molar-refractivity contribution in [2.75, 3.05) is 7.05 Å². The maximum Gasteiger partial charge on any atom is 0.126 e. The monoisotopic (exact) mass is 304 g/mol. The second kappa shape index (κ2) is 12.0. The van der Waals surface area contributed by atoms with Crippen molar-refractivity contribution in [2.45, 2.75) is 59.9 Å². The zero-order valence-corrected chi connectivity index (χ0v) is 15.0. The quantitative estimate of drug-likeness (QED) is 0.858. The number of nitrogens with one attached hydrogen (secondary N) is 2. The molecule has 0 aliphatic rings. The molecule has 1 atom stereocenters. The fraction of sp³-hybridized carbons (Fsp3) is 0.526. The fourth-order valence-corrected chi connectivity index (χ4v) is 2.02. The number of hydrogen-bond donors (Lipinski definition) is 2. The van der Waals surface area contributed by atoms with Gasteiger partial charge in [-0.05, 0) is 45.4 Å². The van der Waals surface area contributed by atoms with Gasteiger partial charge in [-0.1, -0.05) is 45.4 Å². The predicted molar refractivity (Wildman–Crippen MR) is 97.5 cm³/mol. The number of fused-ring (bicyclic) bond motifs is 1. The normalized spacial score (nSPS) is 11.0. The van der Waals surface area contributed by atoms with Crippen LogP contribution in [0.4, 0.5) is 0 Å². The highest BCUT2D eigenvalue weighted by molar-refractivity contribution is 5.83. The van der Waals surface area contributed by atoms with E-state index in [1.54, 1.807) is 0 Å². The molecular weight excluding hydrogens is 272 g/mol. The number of para-hydroxylation sites is 1. The van der Waals surface area contributed by atoms with Gasteiger partial charge in [-0.3, -0.25) is 0 Å². The minimum absolute atomic E-state index is 0.167. The zero-order chi connectivity index (χ0) is 17.0. The molecule has 1 aromatic carbocycles. The smallest absolute Gasteiger partial charge is 0.126 e. The Balaban J connectivity index is 0.000000537. The molecule has 2 aromatic rings. The predicted octanol–water partition coefficient (Wildman–Crippen LogP) is 4.72. The third-order valence-corrected chi connectivity index (χ3v) is 3.04. The summed E-state index contributed by atoms with van der Waals surface area (Å²) in [4.78, 5) is 12.8. The summed E-state index contributed by atoms with van der Waals surface area (Å²) in [5.74, 6) is 0.167. The SMILES string of the molecule is CC(C)=O.CCC.CC[C@@H](Cc1c[nH]c2ccccc12)NC. The van der Waals surface area contributed by atoms with Crippen molar-refractivity contribution < 1.29 is 4.79 Å². The van der Waals surface area contributed by atoms with Crippen LogP contribution in [0.25, 0.3) is 10.9 Å². The van der Waals surface area contributed by atoms with Gasteiger partial charge in [0.25, 0.3) is 0 Å². The molecule has 3 nitrogen and oxygen atoms in total. The largest absolute Gasteiger partial charge is 0.361 e. The molecule has 0 unspecified atom stereocenters. The van der Waals surface area contributed by atoms with Crippen molar-refractivity contribution in [3.05, 3.63) is 36.0 Å². The van der Waals surface area contributed by atoms with E-state index in [-0.39, 0.29) is 5.78 Å². The maximum absolute atomic E-state index is 9.44. The number of Topliss-reactive ketones (excluding diaryl/α,β-unsaturated/α-hetero) is 1. The minimum atomic E-state index is 0.167. The van der Waals surface area contributed by atoms with Crippen LogP contribution in [0.1, 0.15) is 53.0 Å². The molecule has 1 heterocycles. The van der Waals surface area contributed by atoms with Crippen LogP contribution >= 0.6 is 0 Å². The summed E-state index contributed by atoms with van der Waals surface area (Å²) in [6, 6.07) is 9.05. The molecular formula is C19H32N2O. The zero-order valence-electron chi connectivity index (χ0n) is 15.0. The summed E-state index contributed by atoms with van der Waals surface area (Å²) in [5.41, 5.74) is 2.64. The first-order valence-corrected chi connectivity index (χ1v) is 8.19. The standard InChI is InChI=1S/C13H18N2.C3H6O.C3H8/c1-3-11(14-2)8-10-9-15-13-7-5-4-6-12(10)13;1-3(2)4;1-3-2/h4-7,9,11,14-15H,3,8H2,1-2H3;1-2H3;3H2,1-2H3/t11-;;/m0../s1. The second-order valence-corrected chi connectivity index (χ2v) is 5.57. The summed E-state index contributed by atoms with van der Waals surface area (Å²) < 4.78 is 0. The van der Waals surface area contributed by atoms with Gasteiger partial charge in [0.05, 0.1) is 0 Å². The van der Waals surface area contributed by atoms with Gasteiger partial charge in [-0.25, -0.2) is 0 Å². The Morgan fingerprint density at radius 2 is 1.73 bits per heavy atom. The number of rotatable bonds is 4. The Morgan fingerprint density at radius 1 is 1.18 bits per heavy atom. The average Bonchev–Trinajstić information content (AvgIpc) is 2.88. The molecule has 0 fully saturated rings. The first kappa shape index (κ1) is 20.4. The van der Waals surface area contributed by atoms with Crippen molar-refractivity contribution in [2.24, 2.45) is 0 Å². The Labute approximate surface area is 135 Å². The Bertz CT molecular complexity index is 523. The van der Waals surface area contributed by atoms with E-state index in [9.17, 15) is 4.79 Å². The molecule has 0 saturated heterocycles. The van der Waals surface area contributed by atoms with E-state index >= 15 is 0 Å². The van der Waals surface area contributed by atoms with Crippen LogP contribution in [0.15, 0.2) is 30.5 Å². The van der Waals surface area contributed by atoms with Gasteiger partial charge >= 0.3 is 0 Å². The molecule has 3 heteroatoms. The minimum Gasteiger partial charge on any atom is -0.361 e. The first-order chi connectivity index (χ1) is 10.5. The number of aromatic amines is 1. The van der Waals surface area contributed by atoms with E-state index in [4.69, 9.17) is 0 Å². The van der Waals surface area contributed by atoms with Crippen LogP contribution in [0.5, 0.6) is 0 Å². The highest BCUT2D eigenvalue weighted by Gasteiger charge is 2.08. The van der Waals surface area contributed by atoms with Gasteiger partial charge in [-0.15, -0.1) is 0 Å². The van der Waals surface area contributed by atoms with Gasteiger partial charge in [0.2, 0.25) is 0 Å². The number of benzene rings is 1. The third kappa shape index (κ3) is 7.99. The summed E-state index contributed by atoms with van der Waals surface area (Å²) in [6.07, 6.45) is 5.64. The van der Waals surface area contributed by atoms with E-state index in [1.807, 2.05) is 7.05 Å². The van der Waals surface area contributed by atoms with Gasteiger partial charge in [0, 0.05) is 23.1 Å². The van der Waals surface area contributed by atoms with Crippen molar-refractivity contribution in [3.8, 4) is 0 Å². The summed E-state index contributed by atoms with van der Waals surface area (Å²) in [5, 5.41) is 4.69. The fourth-order valence-electron chi connectivity index (χ4n) is 2.02. The summed E-state index contributed by atoms with van der Waals surface area (Å²) in [7, 11) is 2.03. The molecule has 0 aliphatic heterocycles. The lowest BCUT2D eigenvalue weighted by atomic mass is 10.0. The molecule has 0 radical (unpaired) electrons. The molecule has 0 spiro atoms. The Hall–Kier alpha value is -1.61. The first-order valence-electron chi connectivity index (χ1n) is 8.19.